The zero-order valence-corrected chi connectivity index (χ0v) is 25.0. The Hall–Kier alpha value is -2.85. The number of carbonyl (C=O) groups excluding carboxylic acids is 2. The van der Waals surface area contributed by atoms with Crippen LogP contribution >= 0.6 is 34.8 Å². The number of carbonyl (C=O) groups is 2. The van der Waals surface area contributed by atoms with E-state index in [0.717, 1.165) is 29.3 Å². The van der Waals surface area contributed by atoms with E-state index in [1.165, 1.54) is 30.0 Å². The van der Waals surface area contributed by atoms with Crippen molar-refractivity contribution in [2.75, 3.05) is 17.4 Å². The number of benzene rings is 3. The number of rotatable bonds is 12. The van der Waals surface area contributed by atoms with E-state index in [9.17, 15) is 22.4 Å². The van der Waals surface area contributed by atoms with Gasteiger partial charge in [-0.1, -0.05) is 72.4 Å². The molecule has 12 heteroatoms. The molecular weight excluding hydrogens is 600 g/mol. The quantitative estimate of drug-likeness (QED) is 0.238. The molecule has 3 aromatic carbocycles. The van der Waals surface area contributed by atoms with Crippen LogP contribution in [0.2, 0.25) is 15.1 Å². The van der Waals surface area contributed by atoms with E-state index < -0.39 is 40.2 Å². The van der Waals surface area contributed by atoms with Crippen LogP contribution in [-0.4, -0.2) is 44.3 Å². The molecule has 0 saturated heterocycles. The molecule has 0 fully saturated rings. The summed E-state index contributed by atoms with van der Waals surface area (Å²) < 4.78 is 42.3. The lowest BCUT2D eigenvalue weighted by Crippen LogP contribution is -2.51. The Kier molecular flexibility index (Phi) is 11.2. The average molecular weight is 629 g/mol. The van der Waals surface area contributed by atoms with Gasteiger partial charge in [-0.25, -0.2) is 12.8 Å². The topological polar surface area (TPSA) is 86.8 Å². The van der Waals surface area contributed by atoms with Crippen molar-refractivity contribution in [2.24, 2.45) is 0 Å². The summed E-state index contributed by atoms with van der Waals surface area (Å²) in [5.41, 5.74) is 0.370. The van der Waals surface area contributed by atoms with E-state index >= 15 is 0 Å². The number of nitrogens with zero attached hydrogens (tertiary/aromatic N) is 2. The van der Waals surface area contributed by atoms with Crippen LogP contribution in [0.1, 0.15) is 32.3 Å². The van der Waals surface area contributed by atoms with E-state index in [0.29, 0.717) is 12.1 Å². The molecule has 7 nitrogen and oxygen atoms in total. The van der Waals surface area contributed by atoms with Crippen LogP contribution in [0.4, 0.5) is 10.1 Å². The van der Waals surface area contributed by atoms with Gasteiger partial charge >= 0.3 is 0 Å². The fourth-order valence-electron chi connectivity index (χ4n) is 3.86. The summed E-state index contributed by atoms with van der Waals surface area (Å²) >= 11 is 18.7. The molecule has 1 atom stereocenters. The third-order valence-electron chi connectivity index (χ3n) is 6.19. The third-order valence-corrected chi connectivity index (χ3v) is 8.97. The number of hydrogen-bond donors (Lipinski definition) is 1. The average Bonchev–Trinajstić information content (AvgIpc) is 2.93. The predicted octanol–water partition coefficient (Wildman–Crippen LogP) is 6.31. The van der Waals surface area contributed by atoms with Crippen molar-refractivity contribution in [3.63, 3.8) is 0 Å². The zero-order chi connectivity index (χ0) is 29.4. The Balaban J connectivity index is 2.05. The standard InChI is InChI=1S/C28H29Cl3FN3O4S/c1-3-4-15-33-28(37)19(2)34(17-22-23(29)11-8-12-24(22)30)27(36)18-35(20-13-14-26(32)25(31)16-20)40(38,39)21-9-6-5-7-10-21/h5-14,16,19H,3-4,15,17-18H2,1-2H3,(H,33,37)/t19-/m0/s1. The second-order valence-electron chi connectivity index (χ2n) is 8.97. The van der Waals surface area contributed by atoms with E-state index in [-0.39, 0.29) is 32.2 Å². The van der Waals surface area contributed by atoms with Gasteiger partial charge in [0.05, 0.1) is 15.6 Å². The lowest BCUT2D eigenvalue weighted by Gasteiger charge is -2.32. The fraction of sp³-hybridized carbons (Fsp3) is 0.286. The normalized spacial score (nSPS) is 12.1. The molecule has 0 aliphatic rings. The molecular formula is C28H29Cl3FN3O4S. The molecule has 2 amide bonds. The van der Waals surface area contributed by atoms with Crippen LogP contribution in [0.25, 0.3) is 0 Å². The Morgan fingerprint density at radius 3 is 2.20 bits per heavy atom. The van der Waals surface area contributed by atoms with E-state index in [4.69, 9.17) is 34.8 Å². The summed E-state index contributed by atoms with van der Waals surface area (Å²) in [6.07, 6.45) is 1.61. The molecule has 0 saturated carbocycles. The van der Waals surface area contributed by atoms with Gasteiger partial charge in [0.1, 0.15) is 18.4 Å². The van der Waals surface area contributed by atoms with Crippen LogP contribution in [0.3, 0.4) is 0 Å². The highest BCUT2D eigenvalue weighted by Crippen LogP contribution is 2.30. The van der Waals surface area contributed by atoms with Crippen molar-refractivity contribution >= 4 is 62.3 Å². The molecule has 0 aromatic heterocycles. The SMILES string of the molecule is CCCCNC(=O)[C@H](C)N(Cc1c(Cl)cccc1Cl)C(=O)CN(c1ccc(F)c(Cl)c1)S(=O)(=O)c1ccccc1. The maximum absolute atomic E-state index is 14.0. The Labute approximate surface area is 248 Å². The summed E-state index contributed by atoms with van der Waals surface area (Å²) in [5, 5.41) is 3.04. The van der Waals surface area contributed by atoms with Crippen LogP contribution in [-0.2, 0) is 26.2 Å². The number of hydrogen-bond acceptors (Lipinski definition) is 4. The molecule has 0 aliphatic carbocycles. The van der Waals surface area contributed by atoms with Crippen molar-refractivity contribution in [3.05, 3.63) is 93.2 Å². The van der Waals surface area contributed by atoms with Gasteiger partial charge < -0.3 is 10.2 Å². The largest absolute Gasteiger partial charge is 0.354 e. The molecule has 0 unspecified atom stereocenters. The minimum Gasteiger partial charge on any atom is -0.354 e. The molecule has 0 aliphatic heterocycles. The molecule has 0 heterocycles. The number of halogens is 4. The number of sulfonamides is 1. The highest BCUT2D eigenvalue weighted by atomic mass is 35.5. The Morgan fingerprint density at radius 1 is 0.950 bits per heavy atom. The van der Waals surface area contributed by atoms with Crippen LogP contribution < -0.4 is 9.62 Å². The minimum atomic E-state index is -4.31. The van der Waals surface area contributed by atoms with E-state index in [1.807, 2.05) is 6.92 Å². The van der Waals surface area contributed by atoms with Crippen molar-refractivity contribution in [2.45, 2.75) is 44.2 Å². The van der Waals surface area contributed by atoms with Crippen molar-refractivity contribution < 1.29 is 22.4 Å². The number of unbranched alkanes of at least 4 members (excludes halogenated alkanes) is 1. The van der Waals surface area contributed by atoms with Gasteiger partial charge in [-0.15, -0.1) is 0 Å². The van der Waals surface area contributed by atoms with Gasteiger partial charge in [-0.3, -0.25) is 13.9 Å². The highest BCUT2D eigenvalue weighted by molar-refractivity contribution is 7.92. The summed E-state index contributed by atoms with van der Waals surface area (Å²) in [7, 11) is -4.31. The molecule has 3 aromatic rings. The van der Waals surface area contributed by atoms with Gasteiger partial charge in [0, 0.05) is 28.7 Å². The van der Waals surface area contributed by atoms with Gasteiger partial charge in [0.2, 0.25) is 11.8 Å². The van der Waals surface area contributed by atoms with Crippen LogP contribution in [0, 0.1) is 5.82 Å². The molecule has 1 N–H and O–H groups in total. The van der Waals surface area contributed by atoms with Gasteiger partial charge in [-0.2, -0.15) is 0 Å². The first-order valence-electron chi connectivity index (χ1n) is 12.5. The second-order valence-corrected chi connectivity index (χ2v) is 12.0. The van der Waals surface area contributed by atoms with Gasteiger partial charge in [0.25, 0.3) is 10.0 Å². The summed E-state index contributed by atoms with van der Waals surface area (Å²) in [6.45, 7) is 3.05. The lowest BCUT2D eigenvalue weighted by molar-refractivity contribution is -0.139. The Bertz CT molecular complexity index is 1440. The highest BCUT2D eigenvalue weighted by Gasteiger charge is 2.33. The predicted molar refractivity (Wildman–Crippen MR) is 157 cm³/mol. The van der Waals surface area contributed by atoms with Crippen molar-refractivity contribution in [3.8, 4) is 0 Å². The zero-order valence-electron chi connectivity index (χ0n) is 21.9. The summed E-state index contributed by atoms with van der Waals surface area (Å²) in [5.74, 6) is -1.89. The third kappa shape index (κ3) is 7.66. The summed E-state index contributed by atoms with van der Waals surface area (Å²) in [6, 6.07) is 14.7. The first-order chi connectivity index (χ1) is 19.0. The molecule has 214 valence electrons. The molecule has 40 heavy (non-hydrogen) atoms. The maximum atomic E-state index is 14.0. The number of nitrogens with one attached hydrogen (secondary N) is 1. The van der Waals surface area contributed by atoms with Crippen LogP contribution in [0.5, 0.6) is 0 Å². The van der Waals surface area contributed by atoms with Gasteiger partial charge in [-0.05, 0) is 55.8 Å². The van der Waals surface area contributed by atoms with Crippen molar-refractivity contribution in [1.82, 2.24) is 10.2 Å². The van der Waals surface area contributed by atoms with Gasteiger partial charge in [0.15, 0.2) is 0 Å². The Morgan fingerprint density at radius 2 is 1.60 bits per heavy atom. The number of amides is 2. The monoisotopic (exact) mass is 627 g/mol. The second kappa shape index (κ2) is 14.2. The lowest BCUT2D eigenvalue weighted by atomic mass is 10.1. The smallest absolute Gasteiger partial charge is 0.264 e. The minimum absolute atomic E-state index is 0.0284. The first-order valence-corrected chi connectivity index (χ1v) is 15.1. The van der Waals surface area contributed by atoms with E-state index in [1.54, 1.807) is 36.4 Å². The van der Waals surface area contributed by atoms with E-state index in [2.05, 4.69) is 5.32 Å². The fourth-order valence-corrected chi connectivity index (χ4v) is 5.98. The first kappa shape index (κ1) is 31.7. The molecule has 0 spiro atoms. The molecule has 0 bridgehead atoms. The number of anilines is 1. The maximum Gasteiger partial charge on any atom is 0.264 e. The molecule has 0 radical (unpaired) electrons. The summed E-state index contributed by atoms with van der Waals surface area (Å²) in [4.78, 5) is 28.1. The van der Waals surface area contributed by atoms with Crippen molar-refractivity contribution in [1.29, 1.82) is 0 Å². The molecule has 3 rings (SSSR count). The van der Waals surface area contributed by atoms with Crippen LogP contribution in [0.15, 0.2) is 71.6 Å².